The summed E-state index contributed by atoms with van der Waals surface area (Å²) in [5.74, 6) is 0.122. The quantitative estimate of drug-likeness (QED) is 0.0328. The molecule has 0 atom stereocenters. The molecule has 5 heteroatoms. The third-order valence-corrected chi connectivity index (χ3v) is 10.9. The molecule has 1 rings (SSSR count). The Kier molecular flexibility index (Phi) is 29.9. The Labute approximate surface area is 305 Å². The van der Waals surface area contributed by atoms with Crippen molar-refractivity contribution in [1.82, 2.24) is 0 Å². The standard InChI is InChI=1S/C44H82N2O3/c1-4-6-8-10-12-14-16-18-20-22-24-26-28-30-32-34-38-46(3,41-42-40-43(47)36-37-44(42)45(48)49)39-35-33-31-29-27-25-23-21-19-17-15-13-11-9-7-5-2/h36-37,40H,4-35,38-39,41H2,1-3H3/p+1. The van der Waals surface area contributed by atoms with Gasteiger partial charge < -0.3 is 9.59 Å². The molecule has 1 aromatic carbocycles. The molecule has 0 bridgehead atoms. The second-order valence-corrected chi connectivity index (χ2v) is 15.9. The van der Waals surface area contributed by atoms with Crippen molar-refractivity contribution in [3.8, 4) is 5.75 Å². The van der Waals surface area contributed by atoms with Crippen molar-refractivity contribution in [1.29, 1.82) is 0 Å². The molecule has 0 aromatic heterocycles. The van der Waals surface area contributed by atoms with Crippen LogP contribution < -0.4 is 0 Å². The number of phenolic OH excluding ortho intramolecular Hbond substituents is 1. The Bertz CT molecular complexity index is 853. The van der Waals surface area contributed by atoms with Crippen LogP contribution in [-0.2, 0) is 6.54 Å². The number of benzene rings is 1. The molecule has 0 saturated heterocycles. The van der Waals surface area contributed by atoms with E-state index in [1.165, 1.54) is 218 Å². The van der Waals surface area contributed by atoms with Gasteiger partial charge in [0, 0.05) is 6.07 Å². The largest absolute Gasteiger partial charge is 0.508 e. The Balaban J connectivity index is 2.27. The zero-order chi connectivity index (χ0) is 35.7. The average Bonchev–Trinajstić information content (AvgIpc) is 3.08. The number of nitrogens with zero attached hydrogens (tertiary/aromatic N) is 2. The molecule has 0 heterocycles. The third-order valence-electron chi connectivity index (χ3n) is 10.9. The van der Waals surface area contributed by atoms with Gasteiger partial charge in [-0.15, -0.1) is 0 Å². The molecule has 0 fully saturated rings. The number of quaternary nitrogens is 1. The molecular weight excluding hydrogens is 604 g/mol. The molecule has 49 heavy (non-hydrogen) atoms. The summed E-state index contributed by atoms with van der Waals surface area (Å²) in [6.07, 6.45) is 43.8. The van der Waals surface area contributed by atoms with Crippen LogP contribution in [0, 0.1) is 10.1 Å². The number of unbranched alkanes of at least 4 members (excludes halogenated alkanes) is 30. The van der Waals surface area contributed by atoms with E-state index in [2.05, 4.69) is 20.9 Å². The first-order valence-corrected chi connectivity index (χ1v) is 21.7. The zero-order valence-electron chi connectivity index (χ0n) is 33.1. The number of hydrogen-bond acceptors (Lipinski definition) is 3. The van der Waals surface area contributed by atoms with Crippen LogP contribution in [0.25, 0.3) is 0 Å². The van der Waals surface area contributed by atoms with Crippen molar-refractivity contribution in [2.45, 2.75) is 226 Å². The maximum absolute atomic E-state index is 11.8. The van der Waals surface area contributed by atoms with E-state index < -0.39 is 0 Å². The average molecular weight is 688 g/mol. The minimum absolute atomic E-state index is 0.122. The van der Waals surface area contributed by atoms with Crippen molar-refractivity contribution in [3.63, 3.8) is 0 Å². The van der Waals surface area contributed by atoms with Crippen LogP contribution in [0.4, 0.5) is 5.69 Å². The molecule has 0 aliphatic rings. The van der Waals surface area contributed by atoms with E-state index in [1.807, 2.05) is 0 Å². The van der Waals surface area contributed by atoms with Crippen LogP contribution in [0.3, 0.4) is 0 Å². The second-order valence-electron chi connectivity index (χ2n) is 15.9. The summed E-state index contributed by atoms with van der Waals surface area (Å²) in [6.45, 7) is 7.28. The molecule has 0 aliphatic carbocycles. The highest BCUT2D eigenvalue weighted by Crippen LogP contribution is 2.28. The number of aromatic hydroxyl groups is 1. The lowest BCUT2D eigenvalue weighted by atomic mass is 10.0. The SMILES string of the molecule is CCCCCCCCCCCCCCCCCC[N+](C)(CCCCCCCCCCCCCCCCCC)Cc1cc(O)ccc1[N+](=O)[O-]. The highest BCUT2D eigenvalue weighted by Gasteiger charge is 2.26. The van der Waals surface area contributed by atoms with Crippen LogP contribution in [0.2, 0.25) is 0 Å². The molecule has 0 radical (unpaired) electrons. The van der Waals surface area contributed by atoms with Gasteiger partial charge in [0.1, 0.15) is 12.3 Å². The molecule has 1 N–H and O–H groups in total. The summed E-state index contributed by atoms with van der Waals surface area (Å²) in [5.41, 5.74) is 0.807. The van der Waals surface area contributed by atoms with Crippen molar-refractivity contribution < 1.29 is 14.5 Å². The first kappa shape index (κ1) is 45.4. The van der Waals surface area contributed by atoms with E-state index in [0.29, 0.717) is 12.1 Å². The Hall–Kier alpha value is -1.62. The summed E-state index contributed by atoms with van der Waals surface area (Å²) in [5, 5.41) is 21.9. The van der Waals surface area contributed by atoms with Gasteiger partial charge in [-0.05, 0) is 37.8 Å². The van der Waals surface area contributed by atoms with Gasteiger partial charge >= 0.3 is 0 Å². The highest BCUT2D eigenvalue weighted by atomic mass is 16.6. The van der Waals surface area contributed by atoms with E-state index in [4.69, 9.17) is 0 Å². The van der Waals surface area contributed by atoms with Crippen LogP contribution in [0.1, 0.15) is 225 Å². The number of nitro groups is 1. The summed E-state index contributed by atoms with van der Waals surface area (Å²) < 4.78 is 0.821. The number of nitro benzene ring substituents is 1. The normalized spacial score (nSPS) is 11.8. The molecule has 0 amide bonds. The van der Waals surface area contributed by atoms with Gasteiger partial charge in [0.25, 0.3) is 5.69 Å². The molecule has 286 valence electrons. The summed E-state index contributed by atoms with van der Waals surface area (Å²) >= 11 is 0. The molecule has 0 saturated carbocycles. The van der Waals surface area contributed by atoms with Crippen LogP contribution in [0.5, 0.6) is 5.75 Å². The predicted octanol–water partition coefficient (Wildman–Crippen LogP) is 14.8. The van der Waals surface area contributed by atoms with Crippen molar-refractivity contribution in [3.05, 3.63) is 33.9 Å². The molecule has 0 aliphatic heterocycles. The zero-order valence-corrected chi connectivity index (χ0v) is 33.1. The minimum atomic E-state index is -0.289. The lowest BCUT2D eigenvalue weighted by molar-refractivity contribution is -0.923. The van der Waals surface area contributed by atoms with Gasteiger partial charge in [-0.2, -0.15) is 0 Å². The fourth-order valence-electron chi connectivity index (χ4n) is 7.64. The first-order chi connectivity index (χ1) is 23.9. The van der Waals surface area contributed by atoms with Gasteiger partial charge in [0.05, 0.1) is 30.6 Å². The van der Waals surface area contributed by atoms with Crippen LogP contribution >= 0.6 is 0 Å². The lowest BCUT2D eigenvalue weighted by Gasteiger charge is -2.35. The monoisotopic (exact) mass is 688 g/mol. The third kappa shape index (κ3) is 26.8. The maximum Gasteiger partial charge on any atom is 0.278 e. The number of phenols is 1. The highest BCUT2D eigenvalue weighted by molar-refractivity contribution is 5.44. The van der Waals surface area contributed by atoms with E-state index in [1.54, 1.807) is 6.07 Å². The van der Waals surface area contributed by atoms with E-state index in [0.717, 1.165) is 17.6 Å². The fourth-order valence-corrected chi connectivity index (χ4v) is 7.64. The van der Waals surface area contributed by atoms with Gasteiger partial charge in [-0.1, -0.05) is 194 Å². The molecule has 0 spiro atoms. The lowest BCUT2D eigenvalue weighted by Crippen LogP contribution is -2.45. The minimum Gasteiger partial charge on any atom is -0.508 e. The fraction of sp³-hybridized carbons (Fsp3) is 0.864. The molecule has 1 aromatic rings. The number of rotatable bonds is 37. The Morgan fingerprint density at radius 1 is 0.510 bits per heavy atom. The number of hydrogen-bond donors (Lipinski definition) is 1. The van der Waals surface area contributed by atoms with E-state index in [9.17, 15) is 15.2 Å². The van der Waals surface area contributed by atoms with Gasteiger partial charge in [-0.25, -0.2) is 0 Å². The van der Waals surface area contributed by atoms with Gasteiger partial charge in [0.15, 0.2) is 0 Å². The second kappa shape index (κ2) is 32.3. The smallest absolute Gasteiger partial charge is 0.278 e. The van der Waals surface area contributed by atoms with Crippen molar-refractivity contribution in [2.24, 2.45) is 0 Å². The van der Waals surface area contributed by atoms with Gasteiger partial charge in [0.2, 0.25) is 0 Å². The van der Waals surface area contributed by atoms with Crippen LogP contribution in [-0.4, -0.2) is 34.7 Å². The van der Waals surface area contributed by atoms with E-state index in [-0.39, 0.29) is 16.4 Å². The first-order valence-electron chi connectivity index (χ1n) is 21.7. The molecule has 5 nitrogen and oxygen atoms in total. The topological polar surface area (TPSA) is 63.4 Å². The summed E-state index contributed by atoms with van der Waals surface area (Å²) in [4.78, 5) is 11.5. The Morgan fingerprint density at radius 3 is 1.08 bits per heavy atom. The van der Waals surface area contributed by atoms with E-state index >= 15 is 0 Å². The Morgan fingerprint density at radius 2 is 0.796 bits per heavy atom. The molecular formula is C44H83N2O3+. The maximum atomic E-state index is 11.8. The summed E-state index contributed by atoms with van der Waals surface area (Å²) in [6, 6.07) is 4.53. The molecule has 0 unspecified atom stereocenters. The van der Waals surface area contributed by atoms with Crippen molar-refractivity contribution in [2.75, 3.05) is 20.1 Å². The van der Waals surface area contributed by atoms with Crippen molar-refractivity contribution >= 4 is 5.69 Å². The summed E-state index contributed by atoms with van der Waals surface area (Å²) in [7, 11) is 2.28. The predicted molar refractivity (Wildman–Crippen MR) is 213 cm³/mol. The van der Waals surface area contributed by atoms with Gasteiger partial charge in [-0.3, -0.25) is 10.1 Å². The van der Waals surface area contributed by atoms with Crippen LogP contribution in [0.15, 0.2) is 18.2 Å².